The van der Waals surface area contributed by atoms with E-state index in [0.717, 1.165) is 31.1 Å². The Labute approximate surface area is 120 Å². The summed E-state index contributed by atoms with van der Waals surface area (Å²) in [5.41, 5.74) is 2.43. The summed E-state index contributed by atoms with van der Waals surface area (Å²) < 4.78 is 5.44. The molecule has 0 bridgehead atoms. The van der Waals surface area contributed by atoms with E-state index in [-0.39, 0.29) is 0 Å². The minimum Gasteiger partial charge on any atom is -0.380 e. The lowest BCUT2D eigenvalue weighted by molar-refractivity contribution is 0.121. The van der Waals surface area contributed by atoms with E-state index < -0.39 is 0 Å². The van der Waals surface area contributed by atoms with Crippen molar-refractivity contribution < 1.29 is 4.74 Å². The molecule has 1 fully saturated rings. The highest BCUT2D eigenvalue weighted by atomic mass is 35.5. The van der Waals surface area contributed by atoms with Gasteiger partial charge in [0, 0.05) is 49.1 Å². The van der Waals surface area contributed by atoms with E-state index in [1.165, 1.54) is 11.3 Å². The molecule has 19 heavy (non-hydrogen) atoms. The van der Waals surface area contributed by atoms with E-state index in [1.54, 1.807) is 7.11 Å². The normalized spacial score (nSPS) is 19.4. The Kier molecular flexibility index (Phi) is 5.08. The van der Waals surface area contributed by atoms with Crippen LogP contribution < -0.4 is 10.2 Å². The van der Waals surface area contributed by atoms with Crippen molar-refractivity contribution in [3.8, 4) is 0 Å². The summed E-state index contributed by atoms with van der Waals surface area (Å²) in [5, 5.41) is 4.29. The van der Waals surface area contributed by atoms with Crippen LogP contribution in [0.25, 0.3) is 0 Å². The lowest BCUT2D eigenvalue weighted by atomic mass is 10.1. The van der Waals surface area contributed by atoms with E-state index >= 15 is 0 Å². The van der Waals surface area contributed by atoms with Gasteiger partial charge in [-0.3, -0.25) is 0 Å². The number of nitrogens with zero attached hydrogens (tertiary/aromatic N) is 1. The van der Waals surface area contributed by atoms with Gasteiger partial charge < -0.3 is 15.0 Å². The summed E-state index contributed by atoms with van der Waals surface area (Å²) in [6, 6.07) is 6.60. The Balaban J connectivity index is 2.17. The third kappa shape index (κ3) is 3.62. The maximum atomic E-state index is 6.36. The minimum atomic E-state index is 0.338. The fraction of sp³-hybridized carbons (Fsp3) is 0.600. The SMILES string of the molecule is COC1CCN(c2cccc(Cl)c2CNC(C)C)C1. The summed E-state index contributed by atoms with van der Waals surface area (Å²) in [6.07, 6.45) is 1.42. The van der Waals surface area contributed by atoms with Crippen LogP contribution in [0.1, 0.15) is 25.8 Å². The Morgan fingerprint density at radius 3 is 2.89 bits per heavy atom. The predicted octanol–water partition coefficient (Wildman–Crippen LogP) is 3.06. The van der Waals surface area contributed by atoms with Gasteiger partial charge in [-0.25, -0.2) is 0 Å². The Morgan fingerprint density at radius 1 is 1.47 bits per heavy atom. The molecule has 0 aliphatic carbocycles. The molecule has 1 aliphatic heterocycles. The highest BCUT2D eigenvalue weighted by Crippen LogP contribution is 2.30. The first-order valence-corrected chi connectivity index (χ1v) is 7.28. The number of hydrogen-bond donors (Lipinski definition) is 1. The third-order valence-electron chi connectivity index (χ3n) is 3.60. The molecule has 1 unspecified atom stereocenters. The van der Waals surface area contributed by atoms with E-state index in [1.807, 2.05) is 12.1 Å². The van der Waals surface area contributed by atoms with Gasteiger partial charge in [0.2, 0.25) is 0 Å². The van der Waals surface area contributed by atoms with Gasteiger partial charge in [-0.2, -0.15) is 0 Å². The Morgan fingerprint density at radius 2 is 2.26 bits per heavy atom. The number of rotatable bonds is 5. The highest BCUT2D eigenvalue weighted by Gasteiger charge is 2.24. The standard InChI is InChI=1S/C15H23ClN2O/c1-11(2)17-9-13-14(16)5-4-6-15(13)18-8-7-12(10-18)19-3/h4-6,11-12,17H,7-10H2,1-3H3. The van der Waals surface area contributed by atoms with Gasteiger partial charge in [-0.15, -0.1) is 0 Å². The highest BCUT2D eigenvalue weighted by molar-refractivity contribution is 6.31. The maximum absolute atomic E-state index is 6.36. The lowest BCUT2D eigenvalue weighted by Gasteiger charge is -2.23. The van der Waals surface area contributed by atoms with Crippen LogP contribution >= 0.6 is 11.6 Å². The molecule has 0 spiro atoms. The molecule has 0 amide bonds. The van der Waals surface area contributed by atoms with Gasteiger partial charge in [0.1, 0.15) is 0 Å². The third-order valence-corrected chi connectivity index (χ3v) is 3.95. The Hall–Kier alpha value is -0.770. The largest absolute Gasteiger partial charge is 0.380 e. The van der Waals surface area contributed by atoms with Crippen molar-refractivity contribution in [2.75, 3.05) is 25.1 Å². The minimum absolute atomic E-state index is 0.338. The van der Waals surface area contributed by atoms with Crippen molar-refractivity contribution in [3.63, 3.8) is 0 Å². The number of ether oxygens (including phenoxy) is 1. The number of hydrogen-bond acceptors (Lipinski definition) is 3. The molecule has 1 N–H and O–H groups in total. The van der Waals surface area contributed by atoms with Gasteiger partial charge in [-0.1, -0.05) is 31.5 Å². The molecule has 4 heteroatoms. The van der Waals surface area contributed by atoms with Gasteiger partial charge in [0.05, 0.1) is 6.10 Å². The fourth-order valence-corrected chi connectivity index (χ4v) is 2.70. The van der Waals surface area contributed by atoms with Crippen molar-refractivity contribution in [3.05, 3.63) is 28.8 Å². The van der Waals surface area contributed by atoms with E-state index in [2.05, 4.69) is 30.1 Å². The van der Waals surface area contributed by atoms with Crippen LogP contribution in [-0.2, 0) is 11.3 Å². The van der Waals surface area contributed by atoms with Crippen molar-refractivity contribution in [2.45, 2.75) is 39.0 Å². The molecule has 1 atom stereocenters. The molecule has 1 saturated heterocycles. The molecular weight excluding hydrogens is 260 g/mol. The molecule has 3 nitrogen and oxygen atoms in total. The zero-order valence-electron chi connectivity index (χ0n) is 11.9. The van der Waals surface area contributed by atoms with Crippen molar-refractivity contribution in [1.82, 2.24) is 5.32 Å². The molecule has 1 aliphatic rings. The first-order valence-electron chi connectivity index (χ1n) is 6.90. The molecule has 0 aromatic heterocycles. The summed E-state index contributed by atoms with van der Waals surface area (Å²) in [5.74, 6) is 0. The number of methoxy groups -OCH3 is 1. The second-order valence-electron chi connectivity index (χ2n) is 5.37. The lowest BCUT2D eigenvalue weighted by Crippen LogP contribution is -2.26. The molecular formula is C15H23ClN2O. The fourth-order valence-electron chi connectivity index (χ4n) is 2.46. The second kappa shape index (κ2) is 6.60. The predicted molar refractivity (Wildman–Crippen MR) is 81.1 cm³/mol. The van der Waals surface area contributed by atoms with Crippen LogP contribution in [0.2, 0.25) is 5.02 Å². The van der Waals surface area contributed by atoms with Crippen LogP contribution in [0.15, 0.2) is 18.2 Å². The van der Waals surface area contributed by atoms with Gasteiger partial charge in [0.15, 0.2) is 0 Å². The second-order valence-corrected chi connectivity index (χ2v) is 5.77. The van der Waals surface area contributed by atoms with Crippen LogP contribution in [-0.4, -0.2) is 32.3 Å². The number of benzene rings is 1. The zero-order valence-corrected chi connectivity index (χ0v) is 12.7. The van der Waals surface area contributed by atoms with Gasteiger partial charge in [0.25, 0.3) is 0 Å². The first kappa shape index (κ1) is 14.6. The Bertz CT molecular complexity index is 423. The van der Waals surface area contributed by atoms with Crippen molar-refractivity contribution >= 4 is 17.3 Å². The number of halogens is 1. The van der Waals surface area contributed by atoms with E-state index in [9.17, 15) is 0 Å². The summed E-state index contributed by atoms with van der Waals surface area (Å²) in [6.45, 7) is 7.08. The average Bonchev–Trinajstić information content (AvgIpc) is 2.85. The van der Waals surface area contributed by atoms with Crippen LogP contribution in [0.3, 0.4) is 0 Å². The van der Waals surface area contributed by atoms with Crippen molar-refractivity contribution in [1.29, 1.82) is 0 Å². The van der Waals surface area contributed by atoms with Gasteiger partial charge in [-0.05, 0) is 18.6 Å². The molecule has 0 radical (unpaired) electrons. The molecule has 2 rings (SSSR count). The van der Waals surface area contributed by atoms with Crippen LogP contribution in [0.4, 0.5) is 5.69 Å². The summed E-state index contributed by atoms with van der Waals surface area (Å²) >= 11 is 6.36. The molecule has 1 heterocycles. The maximum Gasteiger partial charge on any atom is 0.0762 e. The van der Waals surface area contributed by atoms with Crippen LogP contribution in [0.5, 0.6) is 0 Å². The number of nitrogens with one attached hydrogen (secondary N) is 1. The zero-order chi connectivity index (χ0) is 13.8. The van der Waals surface area contributed by atoms with E-state index in [0.29, 0.717) is 12.1 Å². The topological polar surface area (TPSA) is 24.5 Å². The molecule has 1 aromatic carbocycles. The first-order chi connectivity index (χ1) is 9.11. The molecule has 0 saturated carbocycles. The quantitative estimate of drug-likeness (QED) is 0.898. The summed E-state index contributed by atoms with van der Waals surface area (Å²) in [7, 11) is 1.79. The monoisotopic (exact) mass is 282 g/mol. The molecule has 106 valence electrons. The smallest absolute Gasteiger partial charge is 0.0762 e. The van der Waals surface area contributed by atoms with Crippen LogP contribution in [0, 0.1) is 0 Å². The number of anilines is 1. The average molecular weight is 283 g/mol. The van der Waals surface area contributed by atoms with E-state index in [4.69, 9.17) is 16.3 Å². The molecule has 1 aromatic rings. The van der Waals surface area contributed by atoms with Crippen molar-refractivity contribution in [2.24, 2.45) is 0 Å². The summed E-state index contributed by atoms with van der Waals surface area (Å²) in [4.78, 5) is 2.37. The van der Waals surface area contributed by atoms with Gasteiger partial charge >= 0.3 is 0 Å².